The van der Waals surface area contributed by atoms with Crippen molar-refractivity contribution in [1.82, 2.24) is 10.2 Å². The maximum Gasteiger partial charge on any atom is 0.241 e. The van der Waals surface area contributed by atoms with Crippen LogP contribution in [0.3, 0.4) is 0 Å². The zero-order chi connectivity index (χ0) is 16.8. The molecule has 0 spiro atoms. The van der Waals surface area contributed by atoms with E-state index in [1.54, 1.807) is 12.1 Å². The van der Waals surface area contributed by atoms with Gasteiger partial charge in [-0.25, -0.2) is 0 Å². The molecule has 0 aromatic heterocycles. The lowest BCUT2D eigenvalue weighted by molar-refractivity contribution is -0.125. The zero-order valence-corrected chi connectivity index (χ0v) is 13.9. The molecule has 2 aromatic rings. The average molecular weight is 312 g/mol. The first kappa shape index (κ1) is 17.0. The Hall–Kier alpha value is -2.33. The number of aromatic hydroxyl groups is 1. The molecule has 1 amide bonds. The normalized spacial score (nSPS) is 12.2. The molecule has 0 radical (unpaired) electrons. The topological polar surface area (TPSA) is 52.6 Å². The van der Waals surface area contributed by atoms with Crippen LogP contribution in [-0.4, -0.2) is 36.6 Å². The van der Waals surface area contributed by atoms with Gasteiger partial charge in [-0.3, -0.25) is 9.69 Å². The smallest absolute Gasteiger partial charge is 0.241 e. The number of benzene rings is 2. The van der Waals surface area contributed by atoms with E-state index in [0.717, 1.165) is 23.1 Å². The standard InChI is InChI=1S/C19H24N2O2/c1-14-6-4-5-7-17(14)18(21(2)3)19(23)20-13-12-15-8-10-16(22)11-9-15/h4-11,18,22H,12-13H2,1-3H3,(H,20,23)/t18-/m1/s1. The Labute approximate surface area is 137 Å². The summed E-state index contributed by atoms with van der Waals surface area (Å²) in [6.07, 6.45) is 0.736. The highest BCUT2D eigenvalue weighted by atomic mass is 16.3. The molecule has 122 valence electrons. The fourth-order valence-electron chi connectivity index (χ4n) is 2.64. The Kier molecular flexibility index (Phi) is 5.77. The maximum atomic E-state index is 12.6. The van der Waals surface area contributed by atoms with Crippen LogP contribution >= 0.6 is 0 Å². The van der Waals surface area contributed by atoms with Gasteiger partial charge in [0.2, 0.25) is 5.91 Å². The van der Waals surface area contributed by atoms with Crippen molar-refractivity contribution in [2.45, 2.75) is 19.4 Å². The summed E-state index contributed by atoms with van der Waals surface area (Å²) in [6, 6.07) is 14.7. The molecule has 0 aliphatic rings. The van der Waals surface area contributed by atoms with Gasteiger partial charge in [0.15, 0.2) is 0 Å². The van der Waals surface area contributed by atoms with Crippen LogP contribution in [0.1, 0.15) is 22.7 Å². The maximum absolute atomic E-state index is 12.6. The predicted octanol–water partition coefficient (Wildman–Crippen LogP) is 2.66. The third-order valence-electron chi connectivity index (χ3n) is 3.90. The van der Waals surface area contributed by atoms with E-state index in [1.807, 2.05) is 62.3 Å². The Morgan fingerprint density at radius 2 is 1.78 bits per heavy atom. The highest BCUT2D eigenvalue weighted by molar-refractivity contribution is 5.83. The Morgan fingerprint density at radius 3 is 2.39 bits per heavy atom. The van der Waals surface area contributed by atoms with Crippen LogP contribution in [0.15, 0.2) is 48.5 Å². The molecule has 2 rings (SSSR count). The van der Waals surface area contributed by atoms with Crippen LogP contribution in [-0.2, 0) is 11.2 Å². The first-order valence-electron chi connectivity index (χ1n) is 7.76. The van der Waals surface area contributed by atoms with Crippen molar-refractivity contribution in [2.75, 3.05) is 20.6 Å². The number of rotatable bonds is 6. The summed E-state index contributed by atoms with van der Waals surface area (Å²) in [5.41, 5.74) is 3.22. The summed E-state index contributed by atoms with van der Waals surface area (Å²) in [7, 11) is 3.83. The number of carbonyl (C=O) groups excluding carboxylic acids is 1. The van der Waals surface area contributed by atoms with E-state index in [1.165, 1.54) is 0 Å². The van der Waals surface area contributed by atoms with Gasteiger partial charge in [-0.1, -0.05) is 36.4 Å². The number of nitrogens with zero attached hydrogens (tertiary/aromatic N) is 1. The minimum atomic E-state index is -0.295. The Bertz CT molecular complexity index is 651. The summed E-state index contributed by atoms with van der Waals surface area (Å²) in [5, 5.41) is 12.3. The van der Waals surface area contributed by atoms with Gasteiger partial charge in [-0.05, 0) is 56.3 Å². The molecule has 4 nitrogen and oxygen atoms in total. The van der Waals surface area contributed by atoms with Gasteiger partial charge in [-0.2, -0.15) is 0 Å². The van der Waals surface area contributed by atoms with Crippen LogP contribution in [0.5, 0.6) is 5.75 Å². The number of amides is 1. The zero-order valence-electron chi connectivity index (χ0n) is 13.9. The summed E-state index contributed by atoms with van der Waals surface area (Å²) in [6.45, 7) is 2.59. The van der Waals surface area contributed by atoms with Gasteiger partial charge in [0, 0.05) is 6.54 Å². The number of likely N-dealkylation sites (N-methyl/N-ethyl adjacent to an activating group) is 1. The number of hydrogen-bond donors (Lipinski definition) is 2. The molecule has 2 aromatic carbocycles. The van der Waals surface area contributed by atoms with Gasteiger partial charge in [0.05, 0.1) is 0 Å². The molecule has 2 N–H and O–H groups in total. The third kappa shape index (κ3) is 4.57. The lowest BCUT2D eigenvalue weighted by atomic mass is 10.00. The number of phenols is 1. The molecular weight excluding hydrogens is 288 g/mol. The van der Waals surface area contributed by atoms with E-state index in [4.69, 9.17) is 0 Å². The monoisotopic (exact) mass is 312 g/mol. The minimum Gasteiger partial charge on any atom is -0.508 e. The van der Waals surface area contributed by atoms with E-state index < -0.39 is 0 Å². The van der Waals surface area contributed by atoms with Gasteiger partial charge in [0.1, 0.15) is 11.8 Å². The lowest BCUT2D eigenvalue weighted by Gasteiger charge is -2.25. The molecule has 0 heterocycles. The molecule has 0 aliphatic carbocycles. The molecule has 0 saturated heterocycles. The van der Waals surface area contributed by atoms with Gasteiger partial charge >= 0.3 is 0 Å². The van der Waals surface area contributed by atoms with Crippen LogP contribution in [0, 0.1) is 6.92 Å². The van der Waals surface area contributed by atoms with Crippen LogP contribution in [0.25, 0.3) is 0 Å². The van der Waals surface area contributed by atoms with Crippen LogP contribution in [0.2, 0.25) is 0 Å². The van der Waals surface area contributed by atoms with Gasteiger partial charge in [-0.15, -0.1) is 0 Å². The van der Waals surface area contributed by atoms with Gasteiger partial charge < -0.3 is 10.4 Å². The van der Waals surface area contributed by atoms with E-state index in [9.17, 15) is 9.90 Å². The average Bonchev–Trinajstić information content (AvgIpc) is 2.51. The van der Waals surface area contributed by atoms with E-state index in [0.29, 0.717) is 6.54 Å². The number of carbonyl (C=O) groups is 1. The second-order valence-corrected chi connectivity index (χ2v) is 5.93. The second kappa shape index (κ2) is 7.79. The van der Waals surface area contributed by atoms with Crippen LogP contribution < -0.4 is 5.32 Å². The summed E-state index contributed by atoms with van der Waals surface area (Å²) in [4.78, 5) is 14.5. The second-order valence-electron chi connectivity index (χ2n) is 5.93. The molecule has 0 saturated carbocycles. The van der Waals surface area contributed by atoms with Crippen molar-refractivity contribution < 1.29 is 9.90 Å². The molecule has 1 atom stereocenters. The SMILES string of the molecule is Cc1ccccc1[C@H](C(=O)NCCc1ccc(O)cc1)N(C)C. The quantitative estimate of drug-likeness (QED) is 0.862. The van der Waals surface area contributed by atoms with Crippen molar-refractivity contribution in [1.29, 1.82) is 0 Å². The largest absolute Gasteiger partial charge is 0.508 e. The van der Waals surface area contributed by atoms with Crippen molar-refractivity contribution in [3.8, 4) is 5.75 Å². The highest BCUT2D eigenvalue weighted by Gasteiger charge is 2.23. The first-order chi connectivity index (χ1) is 11.0. The lowest BCUT2D eigenvalue weighted by Crippen LogP contribution is -2.38. The fourth-order valence-corrected chi connectivity index (χ4v) is 2.64. The fraction of sp³-hybridized carbons (Fsp3) is 0.316. The molecule has 0 fully saturated rings. The molecule has 0 unspecified atom stereocenters. The van der Waals surface area contributed by atoms with E-state index in [2.05, 4.69) is 5.32 Å². The van der Waals surface area contributed by atoms with E-state index >= 15 is 0 Å². The summed E-state index contributed by atoms with van der Waals surface area (Å²) < 4.78 is 0. The number of aryl methyl sites for hydroxylation is 1. The van der Waals surface area contributed by atoms with Crippen molar-refractivity contribution in [2.24, 2.45) is 0 Å². The van der Waals surface area contributed by atoms with Gasteiger partial charge in [0.25, 0.3) is 0 Å². The molecule has 0 bridgehead atoms. The Morgan fingerprint density at radius 1 is 1.13 bits per heavy atom. The highest BCUT2D eigenvalue weighted by Crippen LogP contribution is 2.21. The first-order valence-corrected chi connectivity index (χ1v) is 7.76. The molecule has 0 aliphatic heterocycles. The summed E-state index contributed by atoms with van der Waals surface area (Å²) >= 11 is 0. The van der Waals surface area contributed by atoms with Crippen molar-refractivity contribution >= 4 is 5.91 Å². The van der Waals surface area contributed by atoms with Crippen LogP contribution in [0.4, 0.5) is 0 Å². The number of nitrogens with one attached hydrogen (secondary N) is 1. The van der Waals surface area contributed by atoms with Crippen molar-refractivity contribution in [3.05, 3.63) is 65.2 Å². The van der Waals surface area contributed by atoms with E-state index in [-0.39, 0.29) is 17.7 Å². The number of hydrogen-bond acceptors (Lipinski definition) is 3. The molecular formula is C19H24N2O2. The summed E-state index contributed by atoms with van der Waals surface area (Å²) in [5.74, 6) is 0.257. The molecule has 4 heteroatoms. The number of phenolic OH excluding ortho intramolecular Hbond substituents is 1. The molecule has 23 heavy (non-hydrogen) atoms. The predicted molar refractivity (Wildman–Crippen MR) is 92.4 cm³/mol. The van der Waals surface area contributed by atoms with Crippen molar-refractivity contribution in [3.63, 3.8) is 0 Å². The minimum absolute atomic E-state index is 0.00285. The third-order valence-corrected chi connectivity index (χ3v) is 3.90. The Balaban J connectivity index is 1.99.